The largest absolute Gasteiger partial charge is 0.455 e. The van der Waals surface area contributed by atoms with Gasteiger partial charge in [-0.25, -0.2) is 0 Å². The highest BCUT2D eigenvalue weighted by molar-refractivity contribution is 5.70. The summed E-state index contributed by atoms with van der Waals surface area (Å²) < 4.78 is 5.82. The van der Waals surface area contributed by atoms with Gasteiger partial charge in [0.15, 0.2) is 0 Å². The molecule has 0 aromatic heterocycles. The molecule has 1 aromatic rings. The van der Waals surface area contributed by atoms with Crippen molar-refractivity contribution in [2.45, 2.75) is 52.6 Å². The molecular weight excluding hydrogens is 272 g/mol. The molecule has 1 aromatic carbocycles. The summed E-state index contributed by atoms with van der Waals surface area (Å²) in [6.07, 6.45) is 3.13. The van der Waals surface area contributed by atoms with Crippen molar-refractivity contribution >= 4 is 5.97 Å². The number of rotatable bonds is 4. The molecule has 0 spiro atoms. The predicted octanol–water partition coefficient (Wildman–Crippen LogP) is 4.78. The zero-order chi connectivity index (χ0) is 15.9. The van der Waals surface area contributed by atoms with Crippen LogP contribution in [0.4, 0.5) is 0 Å². The van der Waals surface area contributed by atoms with Gasteiger partial charge in [-0.05, 0) is 61.8 Å². The fourth-order valence-electron chi connectivity index (χ4n) is 4.77. The van der Waals surface area contributed by atoms with Crippen LogP contribution in [0.1, 0.15) is 52.5 Å². The van der Waals surface area contributed by atoms with Gasteiger partial charge in [0.25, 0.3) is 0 Å². The first kappa shape index (κ1) is 15.6. The number of carbonyl (C=O) groups excluding carboxylic acids is 1. The van der Waals surface area contributed by atoms with E-state index in [1.807, 2.05) is 44.2 Å². The van der Waals surface area contributed by atoms with Crippen molar-refractivity contribution in [2.75, 3.05) is 0 Å². The highest BCUT2D eigenvalue weighted by Gasteiger charge is 2.49. The smallest absolute Gasteiger partial charge is 0.306 e. The van der Waals surface area contributed by atoms with Crippen LogP contribution in [0, 0.1) is 29.6 Å². The first-order chi connectivity index (χ1) is 10.4. The maximum absolute atomic E-state index is 12.4. The van der Waals surface area contributed by atoms with Crippen molar-refractivity contribution < 1.29 is 9.53 Å². The second-order valence-electron chi connectivity index (χ2n) is 7.93. The van der Waals surface area contributed by atoms with Gasteiger partial charge in [-0.15, -0.1) is 0 Å². The molecule has 120 valence electrons. The lowest BCUT2D eigenvalue weighted by Gasteiger charge is -2.32. The van der Waals surface area contributed by atoms with Crippen molar-refractivity contribution in [2.24, 2.45) is 29.6 Å². The van der Waals surface area contributed by atoms with Crippen molar-refractivity contribution in [3.05, 3.63) is 35.9 Å². The van der Waals surface area contributed by atoms with Gasteiger partial charge in [0.05, 0.1) is 0 Å². The van der Waals surface area contributed by atoms with Gasteiger partial charge in [-0.3, -0.25) is 4.79 Å². The number of hydrogen-bond acceptors (Lipinski definition) is 2. The highest BCUT2D eigenvalue weighted by atomic mass is 16.6. The Bertz CT molecular complexity index is 532. The van der Waals surface area contributed by atoms with E-state index in [9.17, 15) is 4.79 Å². The van der Waals surface area contributed by atoms with Gasteiger partial charge in [-0.2, -0.15) is 0 Å². The SMILES string of the molecule is CC1C2CC(CC(=O)OC(C)(C)c3ccccc3)C(C2)C1C. The second kappa shape index (κ2) is 5.72. The van der Waals surface area contributed by atoms with Gasteiger partial charge < -0.3 is 4.74 Å². The van der Waals surface area contributed by atoms with E-state index in [1.165, 1.54) is 12.8 Å². The molecule has 0 N–H and O–H groups in total. The van der Waals surface area contributed by atoms with Crippen molar-refractivity contribution in [3.63, 3.8) is 0 Å². The van der Waals surface area contributed by atoms with Gasteiger partial charge >= 0.3 is 5.97 Å². The van der Waals surface area contributed by atoms with Crippen molar-refractivity contribution in [1.29, 1.82) is 0 Å². The number of esters is 1. The first-order valence-electron chi connectivity index (χ1n) is 8.66. The number of hydrogen-bond donors (Lipinski definition) is 0. The normalized spacial score (nSPS) is 33.9. The minimum atomic E-state index is -0.547. The van der Waals surface area contributed by atoms with Crippen LogP contribution in [0.3, 0.4) is 0 Å². The van der Waals surface area contributed by atoms with Gasteiger partial charge in [0.2, 0.25) is 0 Å². The maximum Gasteiger partial charge on any atom is 0.306 e. The quantitative estimate of drug-likeness (QED) is 0.748. The Morgan fingerprint density at radius 1 is 1.14 bits per heavy atom. The third kappa shape index (κ3) is 2.80. The van der Waals surface area contributed by atoms with Crippen LogP contribution in [0.25, 0.3) is 0 Å². The van der Waals surface area contributed by atoms with Crippen LogP contribution in [0.15, 0.2) is 30.3 Å². The van der Waals surface area contributed by atoms with E-state index in [-0.39, 0.29) is 5.97 Å². The molecule has 0 radical (unpaired) electrons. The van der Waals surface area contributed by atoms with Crippen molar-refractivity contribution in [1.82, 2.24) is 0 Å². The topological polar surface area (TPSA) is 26.3 Å². The fourth-order valence-corrected chi connectivity index (χ4v) is 4.77. The van der Waals surface area contributed by atoms with E-state index in [0.717, 1.165) is 29.2 Å². The summed E-state index contributed by atoms with van der Waals surface area (Å²) in [6.45, 7) is 8.70. The molecule has 5 atom stereocenters. The molecule has 3 rings (SSSR count). The average Bonchev–Trinajstić information content (AvgIpc) is 2.99. The summed E-state index contributed by atoms with van der Waals surface area (Å²) >= 11 is 0. The lowest BCUT2D eigenvalue weighted by atomic mass is 9.74. The zero-order valence-electron chi connectivity index (χ0n) is 14.2. The van der Waals surface area contributed by atoms with Crippen LogP contribution in [-0.2, 0) is 15.1 Å². The summed E-state index contributed by atoms with van der Waals surface area (Å²) in [6, 6.07) is 10.0. The van der Waals surface area contributed by atoms with Gasteiger partial charge in [0, 0.05) is 6.42 Å². The lowest BCUT2D eigenvalue weighted by Crippen LogP contribution is -2.30. The minimum Gasteiger partial charge on any atom is -0.455 e. The molecule has 22 heavy (non-hydrogen) atoms. The number of ether oxygens (including phenoxy) is 1. The van der Waals surface area contributed by atoms with Crippen LogP contribution in [0.5, 0.6) is 0 Å². The van der Waals surface area contributed by atoms with Crippen molar-refractivity contribution in [3.8, 4) is 0 Å². The molecule has 2 heteroatoms. The van der Waals surface area contributed by atoms with Gasteiger partial charge in [-0.1, -0.05) is 44.2 Å². The molecule has 2 bridgehead atoms. The predicted molar refractivity (Wildman–Crippen MR) is 88.2 cm³/mol. The third-order valence-corrected chi connectivity index (χ3v) is 6.30. The summed E-state index contributed by atoms with van der Waals surface area (Å²) in [4.78, 5) is 12.4. The molecule has 2 aliphatic rings. The zero-order valence-corrected chi connectivity index (χ0v) is 14.2. The summed E-state index contributed by atoms with van der Waals surface area (Å²) in [5, 5.41) is 0. The number of benzene rings is 1. The third-order valence-electron chi connectivity index (χ3n) is 6.30. The Morgan fingerprint density at radius 3 is 2.41 bits per heavy atom. The lowest BCUT2D eigenvalue weighted by molar-refractivity contribution is -0.159. The van der Waals surface area contributed by atoms with Crippen LogP contribution >= 0.6 is 0 Å². The van der Waals surface area contributed by atoms with E-state index < -0.39 is 5.60 Å². The molecule has 2 fully saturated rings. The van der Waals surface area contributed by atoms with Crippen LogP contribution in [0.2, 0.25) is 0 Å². The monoisotopic (exact) mass is 300 g/mol. The first-order valence-corrected chi connectivity index (χ1v) is 8.66. The molecule has 0 aliphatic heterocycles. The molecule has 2 nitrogen and oxygen atoms in total. The van der Waals surface area contributed by atoms with Crippen LogP contribution in [-0.4, -0.2) is 5.97 Å². The Labute approximate surface area is 134 Å². The Hall–Kier alpha value is -1.31. The molecule has 5 unspecified atom stereocenters. The van der Waals surface area contributed by atoms with Gasteiger partial charge in [0.1, 0.15) is 5.60 Å². The molecule has 2 aliphatic carbocycles. The van der Waals surface area contributed by atoms with E-state index >= 15 is 0 Å². The molecule has 0 saturated heterocycles. The Balaban J connectivity index is 1.60. The number of carbonyl (C=O) groups is 1. The maximum atomic E-state index is 12.4. The Morgan fingerprint density at radius 2 is 1.82 bits per heavy atom. The molecular formula is C20H28O2. The van der Waals surface area contributed by atoms with E-state index in [0.29, 0.717) is 12.3 Å². The fraction of sp³-hybridized carbons (Fsp3) is 0.650. The summed E-state index contributed by atoms with van der Waals surface area (Å²) in [5.74, 6) is 3.66. The molecule has 0 heterocycles. The highest BCUT2D eigenvalue weighted by Crippen LogP contribution is 2.55. The molecule has 0 amide bonds. The Kier molecular flexibility index (Phi) is 4.05. The second-order valence-corrected chi connectivity index (χ2v) is 7.93. The summed E-state index contributed by atoms with van der Waals surface area (Å²) in [5.41, 5.74) is 0.507. The van der Waals surface area contributed by atoms with E-state index in [1.54, 1.807) is 0 Å². The standard InChI is InChI=1S/C20H28O2/c1-13-14(2)18-11-15(13)10-16(18)12-19(21)22-20(3,4)17-8-6-5-7-9-17/h5-9,13-16,18H,10-12H2,1-4H3. The molecule has 2 saturated carbocycles. The number of fused-ring (bicyclic) bond motifs is 2. The van der Waals surface area contributed by atoms with E-state index in [2.05, 4.69) is 13.8 Å². The van der Waals surface area contributed by atoms with E-state index in [4.69, 9.17) is 4.74 Å². The van der Waals surface area contributed by atoms with Crippen LogP contribution < -0.4 is 0 Å². The minimum absolute atomic E-state index is 0.0359. The summed E-state index contributed by atoms with van der Waals surface area (Å²) in [7, 11) is 0. The average molecular weight is 300 g/mol.